The fourth-order valence-electron chi connectivity index (χ4n) is 1.77. The van der Waals surface area contributed by atoms with Crippen LogP contribution in [0.1, 0.15) is 40.0 Å². The zero-order valence-corrected chi connectivity index (χ0v) is 11.0. The third-order valence-corrected chi connectivity index (χ3v) is 2.59. The monoisotopic (exact) mass is 266 g/mol. The van der Waals surface area contributed by atoms with E-state index in [0.29, 0.717) is 12.3 Å². The highest BCUT2D eigenvalue weighted by Gasteiger charge is 2.33. The fourth-order valence-corrected chi connectivity index (χ4v) is 1.77. The number of hydrogen-bond acceptors (Lipinski definition) is 2. The van der Waals surface area contributed by atoms with E-state index in [4.69, 9.17) is 4.74 Å². The van der Waals surface area contributed by atoms with Crippen LogP contribution in [-0.2, 0) is 4.74 Å². The van der Waals surface area contributed by atoms with Gasteiger partial charge in [-0.3, -0.25) is 0 Å². The summed E-state index contributed by atoms with van der Waals surface area (Å²) in [5.41, 5.74) is -0.697. The molecule has 3 nitrogen and oxygen atoms in total. The lowest BCUT2D eigenvalue weighted by molar-refractivity contribution is 0.0504. The molecule has 1 aliphatic carbocycles. The Morgan fingerprint density at radius 3 is 2.33 bits per heavy atom. The second kappa shape index (κ2) is 5.40. The molecule has 7 heteroatoms. The van der Waals surface area contributed by atoms with Gasteiger partial charge in [0, 0.05) is 6.04 Å². The lowest BCUT2D eigenvalue weighted by atomic mass is 9.80. The molecule has 18 heavy (non-hydrogen) atoms. The van der Waals surface area contributed by atoms with E-state index in [9.17, 15) is 17.7 Å². The Morgan fingerprint density at radius 1 is 1.39 bits per heavy atom. The van der Waals surface area contributed by atoms with Crippen LogP contribution in [0.5, 0.6) is 0 Å². The van der Waals surface area contributed by atoms with Crippen LogP contribution in [0.4, 0.5) is 17.7 Å². The molecule has 106 valence electrons. The Morgan fingerprint density at radius 2 is 1.94 bits per heavy atom. The molecule has 0 aliphatic heterocycles. The van der Waals surface area contributed by atoms with Gasteiger partial charge in [-0.05, 0) is 33.1 Å². The summed E-state index contributed by atoms with van der Waals surface area (Å²) in [5.74, 6) is 0.322. The van der Waals surface area contributed by atoms with Gasteiger partial charge in [-0.2, -0.15) is 0 Å². The van der Waals surface area contributed by atoms with Crippen molar-refractivity contribution in [2.24, 2.45) is 5.92 Å². The van der Waals surface area contributed by atoms with Crippen LogP contribution in [0.3, 0.4) is 0 Å². The number of halogens is 3. The van der Waals surface area contributed by atoms with Crippen LogP contribution in [0, 0.1) is 5.92 Å². The smallest absolute Gasteiger partial charge is 0.449 e. The van der Waals surface area contributed by atoms with Gasteiger partial charge in [-0.25, -0.2) is 4.79 Å². The number of nitrogens with one attached hydrogen (secondary N) is 1. The standard InChI is InChI=1S/C11H20BF3NO2/c1-11(2,3)18-10(17)16-9(6-8-4-5-8)7-12(13,14)15/h8-9H,4-7H2,1-3H3,(H,16,17)/q-1/t9-/m0/s1. The first-order chi connectivity index (χ1) is 8.05. The van der Waals surface area contributed by atoms with Crippen molar-refractivity contribution in [1.29, 1.82) is 0 Å². The molecular formula is C11H20BF3NO2-. The molecule has 0 radical (unpaired) electrons. The van der Waals surface area contributed by atoms with E-state index < -0.39 is 31.0 Å². The van der Waals surface area contributed by atoms with Crippen LogP contribution in [0.25, 0.3) is 0 Å². The number of alkyl carbamates (subject to hydrolysis) is 1. The maximum absolute atomic E-state index is 12.4. The SMILES string of the molecule is CC(C)(C)OC(=O)N[C@@H](CC1CC1)C[B-](F)(F)F. The minimum atomic E-state index is -4.89. The molecule has 1 rings (SSSR count). The quantitative estimate of drug-likeness (QED) is 0.773. The lowest BCUT2D eigenvalue weighted by Crippen LogP contribution is -2.42. The average molecular weight is 266 g/mol. The van der Waals surface area contributed by atoms with E-state index in [1.165, 1.54) is 0 Å². The Hall–Kier alpha value is -0.875. The predicted octanol–water partition coefficient (Wildman–Crippen LogP) is 3.53. The molecular weight excluding hydrogens is 246 g/mol. The maximum atomic E-state index is 12.4. The third-order valence-electron chi connectivity index (χ3n) is 2.59. The van der Waals surface area contributed by atoms with E-state index in [-0.39, 0.29) is 0 Å². The first-order valence-corrected chi connectivity index (χ1v) is 6.26. The molecule has 0 aromatic rings. The number of carbonyl (C=O) groups excluding carboxylic acids is 1. The lowest BCUT2D eigenvalue weighted by Gasteiger charge is -2.26. The van der Waals surface area contributed by atoms with Gasteiger partial charge in [-0.15, -0.1) is 0 Å². The highest BCUT2D eigenvalue weighted by atomic mass is 19.4. The van der Waals surface area contributed by atoms with Gasteiger partial charge in [0.15, 0.2) is 0 Å². The Balaban J connectivity index is 2.46. The van der Waals surface area contributed by atoms with Gasteiger partial charge < -0.3 is 23.0 Å². The summed E-state index contributed by atoms with van der Waals surface area (Å²) in [5, 5.41) is 2.34. The van der Waals surface area contributed by atoms with Crippen LogP contribution < -0.4 is 5.32 Å². The highest BCUT2D eigenvalue weighted by molar-refractivity contribution is 6.58. The van der Waals surface area contributed by atoms with Crippen molar-refractivity contribution in [3.63, 3.8) is 0 Å². The van der Waals surface area contributed by atoms with Crippen molar-refractivity contribution in [1.82, 2.24) is 5.32 Å². The van der Waals surface area contributed by atoms with Crippen molar-refractivity contribution < 1.29 is 22.5 Å². The Kier molecular flexibility index (Phi) is 4.56. The minimum Gasteiger partial charge on any atom is -0.449 e. The molecule has 0 aromatic heterocycles. The second-order valence-corrected chi connectivity index (χ2v) is 5.97. The average Bonchev–Trinajstić information content (AvgIpc) is 2.79. The summed E-state index contributed by atoms with van der Waals surface area (Å²) in [6.45, 7) is 0.137. The molecule has 0 saturated heterocycles. The topological polar surface area (TPSA) is 38.3 Å². The minimum absolute atomic E-state index is 0.322. The van der Waals surface area contributed by atoms with Crippen molar-refractivity contribution in [3.8, 4) is 0 Å². The number of amides is 1. The summed E-state index contributed by atoms with van der Waals surface area (Å²) in [7, 11) is 0. The van der Waals surface area contributed by atoms with Gasteiger partial charge in [0.2, 0.25) is 0 Å². The maximum Gasteiger partial charge on any atom is 0.480 e. The van der Waals surface area contributed by atoms with Crippen molar-refractivity contribution >= 4 is 13.1 Å². The highest BCUT2D eigenvalue weighted by Crippen LogP contribution is 2.35. The number of rotatable bonds is 5. The van der Waals surface area contributed by atoms with Gasteiger partial charge in [0.25, 0.3) is 0 Å². The molecule has 1 atom stereocenters. The summed E-state index contributed by atoms with van der Waals surface area (Å²) in [4.78, 5) is 11.5. The third kappa shape index (κ3) is 7.45. The second-order valence-electron chi connectivity index (χ2n) is 5.97. The number of ether oxygens (including phenoxy) is 1. The van der Waals surface area contributed by atoms with Gasteiger partial charge in [0.1, 0.15) is 5.60 Å². The summed E-state index contributed by atoms with van der Waals surface area (Å²) >= 11 is 0. The Bertz CT molecular complexity index is 298. The van der Waals surface area contributed by atoms with Crippen LogP contribution in [0.15, 0.2) is 0 Å². The number of hydrogen-bond donors (Lipinski definition) is 1. The number of carbonyl (C=O) groups is 1. The zero-order valence-electron chi connectivity index (χ0n) is 11.0. The summed E-state index contributed by atoms with van der Waals surface area (Å²) < 4.78 is 42.3. The van der Waals surface area contributed by atoms with Crippen LogP contribution >= 0.6 is 0 Å². The van der Waals surface area contributed by atoms with Gasteiger partial charge >= 0.3 is 13.1 Å². The van der Waals surface area contributed by atoms with Gasteiger partial charge in [-0.1, -0.05) is 19.2 Å². The molecule has 0 spiro atoms. The molecule has 1 aliphatic rings. The molecule has 1 saturated carbocycles. The molecule has 1 N–H and O–H groups in total. The van der Waals surface area contributed by atoms with Crippen molar-refractivity contribution in [2.45, 2.75) is 58.0 Å². The van der Waals surface area contributed by atoms with Crippen LogP contribution in [0.2, 0.25) is 6.32 Å². The summed E-state index contributed by atoms with van der Waals surface area (Å²) in [6.07, 6.45) is 0.596. The molecule has 1 amide bonds. The molecule has 0 unspecified atom stereocenters. The normalized spacial score (nSPS) is 18.3. The largest absolute Gasteiger partial charge is 0.480 e. The van der Waals surface area contributed by atoms with E-state index in [1.54, 1.807) is 20.8 Å². The van der Waals surface area contributed by atoms with E-state index >= 15 is 0 Å². The molecule has 0 heterocycles. The van der Waals surface area contributed by atoms with Crippen LogP contribution in [-0.4, -0.2) is 24.7 Å². The van der Waals surface area contributed by atoms with E-state index in [1.807, 2.05) is 0 Å². The Labute approximate surface area is 106 Å². The van der Waals surface area contributed by atoms with Crippen molar-refractivity contribution in [3.05, 3.63) is 0 Å². The first kappa shape index (κ1) is 15.2. The van der Waals surface area contributed by atoms with Crippen molar-refractivity contribution in [2.75, 3.05) is 0 Å². The summed E-state index contributed by atoms with van der Waals surface area (Å²) in [6, 6.07) is -0.854. The molecule has 1 fully saturated rings. The van der Waals surface area contributed by atoms with Gasteiger partial charge in [0.05, 0.1) is 0 Å². The predicted molar refractivity (Wildman–Crippen MR) is 64.4 cm³/mol. The first-order valence-electron chi connectivity index (χ1n) is 6.26. The zero-order chi connectivity index (χ0) is 14.0. The van der Waals surface area contributed by atoms with E-state index in [2.05, 4.69) is 5.32 Å². The molecule has 0 aromatic carbocycles. The fraction of sp³-hybridized carbons (Fsp3) is 0.909. The molecule has 0 bridgehead atoms. The van der Waals surface area contributed by atoms with E-state index in [0.717, 1.165) is 12.8 Å².